The SMILES string of the molecule is C=CCOc1ccc(C(=O)NN=Cc2ccc(OCC)cc2)cc1. The van der Waals surface area contributed by atoms with Crippen LogP contribution >= 0.6 is 0 Å². The molecule has 0 saturated carbocycles. The van der Waals surface area contributed by atoms with E-state index in [2.05, 4.69) is 17.1 Å². The molecule has 24 heavy (non-hydrogen) atoms. The number of hydrazone groups is 1. The fourth-order valence-corrected chi connectivity index (χ4v) is 1.90. The predicted octanol–water partition coefficient (Wildman–Crippen LogP) is 3.41. The van der Waals surface area contributed by atoms with Gasteiger partial charge >= 0.3 is 0 Å². The standard InChI is InChI=1S/C19H20N2O3/c1-3-13-24-18-11-7-16(8-12-18)19(22)21-20-14-15-5-9-17(10-6-15)23-4-2/h3,5-12,14H,1,4,13H2,2H3,(H,21,22). The first-order valence-electron chi connectivity index (χ1n) is 7.63. The van der Waals surface area contributed by atoms with Gasteiger partial charge in [-0.3, -0.25) is 4.79 Å². The second-order valence-electron chi connectivity index (χ2n) is 4.83. The molecule has 1 N–H and O–H groups in total. The molecule has 0 aliphatic heterocycles. The molecule has 2 rings (SSSR count). The highest BCUT2D eigenvalue weighted by molar-refractivity contribution is 5.95. The summed E-state index contributed by atoms with van der Waals surface area (Å²) in [5, 5.41) is 3.96. The van der Waals surface area contributed by atoms with Gasteiger partial charge in [-0.25, -0.2) is 5.43 Å². The monoisotopic (exact) mass is 324 g/mol. The zero-order valence-electron chi connectivity index (χ0n) is 13.6. The molecule has 1 amide bonds. The molecule has 0 fully saturated rings. The van der Waals surface area contributed by atoms with Crippen molar-refractivity contribution in [1.82, 2.24) is 5.43 Å². The highest BCUT2D eigenvalue weighted by atomic mass is 16.5. The Bertz CT molecular complexity index is 692. The lowest BCUT2D eigenvalue weighted by atomic mass is 10.2. The van der Waals surface area contributed by atoms with Crippen molar-refractivity contribution in [2.45, 2.75) is 6.92 Å². The van der Waals surface area contributed by atoms with E-state index < -0.39 is 0 Å². The van der Waals surface area contributed by atoms with E-state index in [1.165, 1.54) is 0 Å². The zero-order valence-corrected chi connectivity index (χ0v) is 13.6. The number of carbonyl (C=O) groups excluding carboxylic acids is 1. The quantitative estimate of drug-likeness (QED) is 0.460. The van der Waals surface area contributed by atoms with Gasteiger partial charge in [-0.1, -0.05) is 12.7 Å². The summed E-state index contributed by atoms with van der Waals surface area (Å²) in [6.45, 7) is 6.57. The Balaban J connectivity index is 1.88. The second-order valence-corrected chi connectivity index (χ2v) is 4.83. The molecule has 0 aromatic heterocycles. The predicted molar refractivity (Wildman–Crippen MR) is 94.8 cm³/mol. The largest absolute Gasteiger partial charge is 0.494 e. The molecule has 0 heterocycles. The van der Waals surface area contributed by atoms with Gasteiger partial charge in [0, 0.05) is 5.56 Å². The van der Waals surface area contributed by atoms with Crippen LogP contribution in [0, 0.1) is 0 Å². The molecule has 0 radical (unpaired) electrons. The van der Waals surface area contributed by atoms with Gasteiger partial charge < -0.3 is 9.47 Å². The molecule has 5 heteroatoms. The topological polar surface area (TPSA) is 59.9 Å². The molecular formula is C19H20N2O3. The third-order valence-corrected chi connectivity index (χ3v) is 3.06. The first kappa shape index (κ1) is 17.3. The summed E-state index contributed by atoms with van der Waals surface area (Å²) < 4.78 is 10.7. The molecule has 2 aromatic rings. The number of ether oxygens (including phenoxy) is 2. The molecule has 124 valence electrons. The lowest BCUT2D eigenvalue weighted by molar-refractivity contribution is 0.0955. The molecule has 2 aromatic carbocycles. The van der Waals surface area contributed by atoms with E-state index in [1.54, 1.807) is 36.6 Å². The second kappa shape index (κ2) is 9.15. The summed E-state index contributed by atoms with van der Waals surface area (Å²) in [6.07, 6.45) is 3.24. The van der Waals surface area contributed by atoms with Crippen LogP contribution in [-0.2, 0) is 0 Å². The van der Waals surface area contributed by atoms with Gasteiger partial charge in [0.05, 0.1) is 12.8 Å². The average molecular weight is 324 g/mol. The van der Waals surface area contributed by atoms with E-state index in [9.17, 15) is 4.79 Å². The van der Waals surface area contributed by atoms with Crippen LogP contribution in [0.15, 0.2) is 66.3 Å². The van der Waals surface area contributed by atoms with E-state index >= 15 is 0 Å². The third kappa shape index (κ3) is 5.28. The molecule has 0 atom stereocenters. The van der Waals surface area contributed by atoms with Crippen molar-refractivity contribution in [3.05, 3.63) is 72.3 Å². The Morgan fingerprint density at radius 1 is 1.08 bits per heavy atom. The summed E-state index contributed by atoms with van der Waals surface area (Å²) in [5.74, 6) is 1.20. The fourth-order valence-electron chi connectivity index (χ4n) is 1.90. The first-order valence-corrected chi connectivity index (χ1v) is 7.63. The molecule has 0 saturated heterocycles. The van der Waals surface area contributed by atoms with Crippen LogP contribution in [0.5, 0.6) is 11.5 Å². The number of hydrogen-bond donors (Lipinski definition) is 1. The highest BCUT2D eigenvalue weighted by Crippen LogP contribution is 2.12. The van der Waals surface area contributed by atoms with Gasteiger partial charge in [0.25, 0.3) is 5.91 Å². The molecule has 0 bridgehead atoms. The van der Waals surface area contributed by atoms with Crippen LogP contribution in [0.3, 0.4) is 0 Å². The number of amides is 1. The van der Waals surface area contributed by atoms with Gasteiger partial charge in [0.2, 0.25) is 0 Å². The Labute approximate surface area is 141 Å². The van der Waals surface area contributed by atoms with Crippen LogP contribution in [-0.4, -0.2) is 25.3 Å². The minimum Gasteiger partial charge on any atom is -0.494 e. The third-order valence-electron chi connectivity index (χ3n) is 3.06. The van der Waals surface area contributed by atoms with Gasteiger partial charge in [-0.15, -0.1) is 0 Å². The number of nitrogens with one attached hydrogen (secondary N) is 1. The highest BCUT2D eigenvalue weighted by Gasteiger charge is 2.04. The Kier molecular flexibility index (Phi) is 6.58. The maximum Gasteiger partial charge on any atom is 0.271 e. The smallest absolute Gasteiger partial charge is 0.271 e. The molecule has 0 spiro atoms. The van der Waals surface area contributed by atoms with Crippen molar-refractivity contribution in [3.8, 4) is 11.5 Å². The van der Waals surface area contributed by atoms with Crippen LogP contribution in [0.4, 0.5) is 0 Å². The zero-order chi connectivity index (χ0) is 17.2. The van der Waals surface area contributed by atoms with E-state index in [0.29, 0.717) is 24.5 Å². The lowest BCUT2D eigenvalue weighted by Crippen LogP contribution is -2.17. The molecular weight excluding hydrogens is 304 g/mol. The first-order chi connectivity index (χ1) is 11.7. The van der Waals surface area contributed by atoms with Crippen LogP contribution in [0.1, 0.15) is 22.8 Å². The van der Waals surface area contributed by atoms with Crippen molar-refractivity contribution < 1.29 is 14.3 Å². The minimum absolute atomic E-state index is 0.285. The van der Waals surface area contributed by atoms with Crippen molar-refractivity contribution >= 4 is 12.1 Å². The van der Waals surface area contributed by atoms with Crippen molar-refractivity contribution in [2.75, 3.05) is 13.2 Å². The summed E-state index contributed by atoms with van der Waals surface area (Å²) in [4.78, 5) is 12.0. The van der Waals surface area contributed by atoms with E-state index in [1.807, 2.05) is 31.2 Å². The Morgan fingerprint density at radius 3 is 2.33 bits per heavy atom. The van der Waals surface area contributed by atoms with Gasteiger partial charge in [-0.2, -0.15) is 5.10 Å². The fraction of sp³-hybridized carbons (Fsp3) is 0.158. The summed E-state index contributed by atoms with van der Waals surface area (Å²) >= 11 is 0. The van der Waals surface area contributed by atoms with Gasteiger partial charge in [0.15, 0.2) is 0 Å². The number of hydrogen-bond acceptors (Lipinski definition) is 4. The van der Waals surface area contributed by atoms with Crippen molar-refractivity contribution in [1.29, 1.82) is 0 Å². The molecule has 5 nitrogen and oxygen atoms in total. The Morgan fingerprint density at radius 2 is 1.71 bits per heavy atom. The number of rotatable bonds is 8. The average Bonchev–Trinajstić information content (AvgIpc) is 2.62. The van der Waals surface area contributed by atoms with Crippen molar-refractivity contribution in [3.63, 3.8) is 0 Å². The maximum atomic E-state index is 12.0. The lowest BCUT2D eigenvalue weighted by Gasteiger charge is -2.04. The van der Waals surface area contributed by atoms with E-state index in [4.69, 9.17) is 9.47 Å². The minimum atomic E-state index is -0.285. The Hall–Kier alpha value is -3.08. The maximum absolute atomic E-state index is 12.0. The molecule has 0 aliphatic carbocycles. The summed E-state index contributed by atoms with van der Waals surface area (Å²) in [7, 11) is 0. The normalized spacial score (nSPS) is 10.4. The van der Waals surface area contributed by atoms with E-state index in [0.717, 1.165) is 11.3 Å². The number of carbonyl (C=O) groups is 1. The van der Waals surface area contributed by atoms with Crippen LogP contribution < -0.4 is 14.9 Å². The van der Waals surface area contributed by atoms with Gasteiger partial charge in [0.1, 0.15) is 18.1 Å². The van der Waals surface area contributed by atoms with Crippen molar-refractivity contribution in [2.24, 2.45) is 5.10 Å². The van der Waals surface area contributed by atoms with E-state index in [-0.39, 0.29) is 5.91 Å². The van der Waals surface area contributed by atoms with Gasteiger partial charge in [-0.05, 0) is 61.0 Å². The van der Waals surface area contributed by atoms with Crippen LogP contribution in [0.2, 0.25) is 0 Å². The molecule has 0 unspecified atom stereocenters. The van der Waals surface area contributed by atoms with Crippen LogP contribution in [0.25, 0.3) is 0 Å². The summed E-state index contributed by atoms with van der Waals surface area (Å²) in [5.41, 5.74) is 3.86. The molecule has 0 aliphatic rings. The number of nitrogens with zero attached hydrogens (tertiary/aromatic N) is 1. The summed E-state index contributed by atoms with van der Waals surface area (Å²) in [6, 6.07) is 14.3. The number of benzene rings is 2.